The zero-order valence-electron chi connectivity index (χ0n) is 11.1. The SMILES string of the molecule is CCC(CCN)CCC(=O)N(C)CCC(F)(F)F. The van der Waals surface area contributed by atoms with Gasteiger partial charge in [-0.15, -0.1) is 0 Å². The van der Waals surface area contributed by atoms with E-state index < -0.39 is 12.6 Å². The molecular formula is C12H23F3N2O. The molecule has 1 atom stereocenters. The minimum Gasteiger partial charge on any atom is -0.345 e. The van der Waals surface area contributed by atoms with Crippen LogP contribution in [-0.4, -0.2) is 37.1 Å². The molecule has 0 saturated carbocycles. The standard InChI is InChI=1S/C12H23F3N2O/c1-3-10(6-8-16)4-5-11(18)17(2)9-7-12(13,14)15/h10H,3-9,16H2,1-2H3. The molecule has 108 valence electrons. The van der Waals surface area contributed by atoms with Crippen LogP contribution in [-0.2, 0) is 4.79 Å². The maximum atomic E-state index is 12.0. The summed E-state index contributed by atoms with van der Waals surface area (Å²) in [4.78, 5) is 12.8. The number of hydrogen-bond donors (Lipinski definition) is 1. The molecule has 0 saturated heterocycles. The van der Waals surface area contributed by atoms with Crippen LogP contribution in [0.25, 0.3) is 0 Å². The van der Waals surface area contributed by atoms with Crippen molar-refractivity contribution in [1.82, 2.24) is 4.90 Å². The second-order valence-electron chi connectivity index (χ2n) is 4.57. The lowest BCUT2D eigenvalue weighted by molar-refractivity contribution is -0.144. The van der Waals surface area contributed by atoms with E-state index in [0.717, 1.165) is 17.7 Å². The highest BCUT2D eigenvalue weighted by atomic mass is 19.4. The third-order valence-electron chi connectivity index (χ3n) is 3.08. The van der Waals surface area contributed by atoms with Gasteiger partial charge in [0.05, 0.1) is 6.42 Å². The number of carbonyl (C=O) groups is 1. The summed E-state index contributed by atoms with van der Waals surface area (Å²) in [5, 5.41) is 0. The summed E-state index contributed by atoms with van der Waals surface area (Å²) in [6.07, 6.45) is -2.36. The zero-order valence-corrected chi connectivity index (χ0v) is 11.1. The Bertz CT molecular complexity index is 244. The van der Waals surface area contributed by atoms with Gasteiger partial charge in [0.1, 0.15) is 0 Å². The number of carbonyl (C=O) groups excluding carboxylic acids is 1. The van der Waals surface area contributed by atoms with Gasteiger partial charge in [-0.1, -0.05) is 13.3 Å². The number of alkyl halides is 3. The van der Waals surface area contributed by atoms with Crippen molar-refractivity contribution in [2.45, 2.75) is 45.2 Å². The van der Waals surface area contributed by atoms with Gasteiger partial charge >= 0.3 is 6.18 Å². The molecule has 0 aliphatic heterocycles. The van der Waals surface area contributed by atoms with Gasteiger partial charge in [-0.05, 0) is 25.3 Å². The summed E-state index contributed by atoms with van der Waals surface area (Å²) in [5.41, 5.74) is 5.45. The topological polar surface area (TPSA) is 46.3 Å². The quantitative estimate of drug-likeness (QED) is 0.735. The molecule has 0 heterocycles. The second-order valence-corrected chi connectivity index (χ2v) is 4.57. The van der Waals surface area contributed by atoms with Crippen LogP contribution in [0.4, 0.5) is 13.2 Å². The maximum Gasteiger partial charge on any atom is 0.390 e. The highest BCUT2D eigenvalue weighted by Crippen LogP contribution is 2.20. The number of rotatable bonds is 8. The van der Waals surface area contributed by atoms with Crippen LogP contribution in [0.1, 0.15) is 39.0 Å². The van der Waals surface area contributed by atoms with Crippen LogP contribution in [0.2, 0.25) is 0 Å². The lowest BCUT2D eigenvalue weighted by Crippen LogP contribution is -2.30. The van der Waals surface area contributed by atoms with Crippen molar-refractivity contribution in [1.29, 1.82) is 0 Å². The van der Waals surface area contributed by atoms with Crippen molar-refractivity contribution < 1.29 is 18.0 Å². The lowest BCUT2D eigenvalue weighted by Gasteiger charge is -2.20. The Morgan fingerprint density at radius 1 is 1.33 bits per heavy atom. The Balaban J connectivity index is 3.93. The fourth-order valence-corrected chi connectivity index (χ4v) is 1.73. The smallest absolute Gasteiger partial charge is 0.345 e. The first kappa shape index (κ1) is 17.2. The van der Waals surface area contributed by atoms with Crippen molar-refractivity contribution >= 4 is 5.91 Å². The summed E-state index contributed by atoms with van der Waals surface area (Å²) >= 11 is 0. The van der Waals surface area contributed by atoms with Gasteiger partial charge < -0.3 is 10.6 Å². The summed E-state index contributed by atoms with van der Waals surface area (Å²) < 4.78 is 36.0. The zero-order chi connectivity index (χ0) is 14.2. The van der Waals surface area contributed by atoms with Crippen LogP contribution < -0.4 is 5.73 Å². The van der Waals surface area contributed by atoms with E-state index in [9.17, 15) is 18.0 Å². The summed E-state index contributed by atoms with van der Waals surface area (Å²) in [6.45, 7) is 2.34. The molecule has 0 radical (unpaired) electrons. The Labute approximate surface area is 107 Å². The molecule has 0 spiro atoms. The van der Waals surface area contributed by atoms with E-state index >= 15 is 0 Å². The number of halogens is 3. The molecule has 1 amide bonds. The molecule has 2 N–H and O–H groups in total. The predicted octanol–water partition coefficient (Wildman–Crippen LogP) is 2.55. The van der Waals surface area contributed by atoms with Crippen molar-refractivity contribution in [2.75, 3.05) is 20.1 Å². The Morgan fingerprint density at radius 2 is 1.94 bits per heavy atom. The lowest BCUT2D eigenvalue weighted by atomic mass is 9.96. The van der Waals surface area contributed by atoms with Gasteiger partial charge in [0.25, 0.3) is 0 Å². The molecule has 0 rings (SSSR count). The maximum absolute atomic E-state index is 12.0. The van der Waals surface area contributed by atoms with Crippen LogP contribution in [0.3, 0.4) is 0 Å². The molecular weight excluding hydrogens is 245 g/mol. The van der Waals surface area contributed by atoms with E-state index in [1.807, 2.05) is 6.92 Å². The minimum atomic E-state index is -4.21. The third-order valence-corrected chi connectivity index (χ3v) is 3.08. The predicted molar refractivity (Wildman–Crippen MR) is 65.0 cm³/mol. The first-order valence-electron chi connectivity index (χ1n) is 6.31. The van der Waals surface area contributed by atoms with Gasteiger partial charge in [-0.25, -0.2) is 0 Å². The van der Waals surface area contributed by atoms with Crippen LogP contribution >= 0.6 is 0 Å². The second kappa shape index (κ2) is 8.34. The molecule has 3 nitrogen and oxygen atoms in total. The first-order valence-corrected chi connectivity index (χ1v) is 6.31. The van der Waals surface area contributed by atoms with Crippen molar-refractivity contribution in [2.24, 2.45) is 11.7 Å². The molecule has 18 heavy (non-hydrogen) atoms. The third kappa shape index (κ3) is 8.33. The van der Waals surface area contributed by atoms with Crippen molar-refractivity contribution in [3.8, 4) is 0 Å². The van der Waals surface area contributed by atoms with E-state index in [1.54, 1.807) is 0 Å². The number of amides is 1. The first-order chi connectivity index (χ1) is 8.30. The molecule has 0 aromatic heterocycles. The molecule has 6 heteroatoms. The monoisotopic (exact) mass is 268 g/mol. The van der Waals surface area contributed by atoms with E-state index in [-0.39, 0.29) is 12.5 Å². The average molecular weight is 268 g/mol. The molecule has 0 aromatic rings. The van der Waals surface area contributed by atoms with Gasteiger partial charge in [0.15, 0.2) is 0 Å². The molecule has 0 bridgehead atoms. The van der Waals surface area contributed by atoms with E-state index in [2.05, 4.69) is 0 Å². The van der Waals surface area contributed by atoms with E-state index in [4.69, 9.17) is 5.73 Å². The fourth-order valence-electron chi connectivity index (χ4n) is 1.73. The van der Waals surface area contributed by atoms with Gasteiger partial charge in [-0.3, -0.25) is 4.79 Å². The van der Waals surface area contributed by atoms with Gasteiger partial charge in [-0.2, -0.15) is 13.2 Å². The van der Waals surface area contributed by atoms with Crippen LogP contribution in [0.15, 0.2) is 0 Å². The van der Waals surface area contributed by atoms with Crippen LogP contribution in [0, 0.1) is 5.92 Å². The molecule has 0 aromatic carbocycles. The van der Waals surface area contributed by atoms with E-state index in [0.29, 0.717) is 25.3 Å². The fraction of sp³-hybridized carbons (Fsp3) is 0.917. The Hall–Kier alpha value is -0.780. The van der Waals surface area contributed by atoms with Gasteiger partial charge in [0, 0.05) is 20.0 Å². The number of hydrogen-bond acceptors (Lipinski definition) is 2. The number of nitrogens with zero attached hydrogens (tertiary/aromatic N) is 1. The van der Waals surface area contributed by atoms with Crippen molar-refractivity contribution in [3.05, 3.63) is 0 Å². The molecule has 0 aliphatic rings. The number of nitrogens with two attached hydrogens (primary N) is 1. The highest BCUT2D eigenvalue weighted by Gasteiger charge is 2.28. The highest BCUT2D eigenvalue weighted by molar-refractivity contribution is 5.75. The van der Waals surface area contributed by atoms with Crippen LogP contribution in [0.5, 0.6) is 0 Å². The van der Waals surface area contributed by atoms with Crippen molar-refractivity contribution in [3.63, 3.8) is 0 Å². The summed E-state index contributed by atoms with van der Waals surface area (Å²) in [7, 11) is 1.41. The Kier molecular flexibility index (Phi) is 7.98. The summed E-state index contributed by atoms with van der Waals surface area (Å²) in [6, 6.07) is 0. The Morgan fingerprint density at radius 3 is 2.39 bits per heavy atom. The normalized spacial score (nSPS) is 13.4. The average Bonchev–Trinajstić information content (AvgIpc) is 2.29. The summed E-state index contributed by atoms with van der Waals surface area (Å²) in [5.74, 6) is 0.157. The minimum absolute atomic E-state index is 0.227. The largest absolute Gasteiger partial charge is 0.390 e. The van der Waals surface area contributed by atoms with E-state index in [1.165, 1.54) is 7.05 Å². The van der Waals surface area contributed by atoms with Gasteiger partial charge in [0.2, 0.25) is 5.91 Å². The molecule has 1 unspecified atom stereocenters. The molecule has 0 fully saturated rings. The molecule has 0 aliphatic carbocycles.